The van der Waals surface area contributed by atoms with Crippen molar-refractivity contribution in [2.24, 2.45) is 0 Å². The predicted molar refractivity (Wildman–Crippen MR) is 59.6 cm³/mol. The highest BCUT2D eigenvalue weighted by Gasteiger charge is 2.39. The Morgan fingerprint density at radius 2 is 1.56 bits per heavy atom. The molecule has 0 heterocycles. The highest BCUT2D eigenvalue weighted by Crippen LogP contribution is 2.37. The first-order valence-corrected chi connectivity index (χ1v) is 5.04. The van der Waals surface area contributed by atoms with Crippen molar-refractivity contribution in [2.75, 3.05) is 0 Å². The van der Waals surface area contributed by atoms with Crippen molar-refractivity contribution in [1.29, 1.82) is 0 Å². The molecule has 0 amide bonds. The van der Waals surface area contributed by atoms with Crippen LogP contribution in [0.4, 0.5) is 13.2 Å². The van der Waals surface area contributed by atoms with Crippen LogP contribution in [-0.2, 0) is 0 Å². The minimum atomic E-state index is -4.27. The lowest BCUT2D eigenvalue weighted by Crippen LogP contribution is -2.19. The maximum atomic E-state index is 12.7. The summed E-state index contributed by atoms with van der Waals surface area (Å²) in [5.74, 6) is -1.58. The maximum Gasteiger partial charge on any atom is 0.399 e. The summed E-state index contributed by atoms with van der Waals surface area (Å²) < 4.78 is 38.2. The molecular formula is C13H15F3. The SMILES string of the molecule is C=CC(c1cc(C)c(C)cc1C)C(F)(F)F. The molecule has 0 radical (unpaired) electrons. The van der Waals surface area contributed by atoms with E-state index in [4.69, 9.17) is 0 Å². The van der Waals surface area contributed by atoms with Gasteiger partial charge in [0.05, 0.1) is 5.92 Å². The average Bonchev–Trinajstić information content (AvgIpc) is 2.12. The van der Waals surface area contributed by atoms with Gasteiger partial charge in [-0.15, -0.1) is 6.58 Å². The van der Waals surface area contributed by atoms with E-state index in [-0.39, 0.29) is 0 Å². The summed E-state index contributed by atoms with van der Waals surface area (Å²) in [5.41, 5.74) is 2.83. The molecule has 0 N–H and O–H groups in total. The van der Waals surface area contributed by atoms with Crippen molar-refractivity contribution in [3.05, 3.63) is 47.0 Å². The molecule has 0 nitrogen and oxygen atoms in total. The predicted octanol–water partition coefficient (Wildman–Crippen LogP) is 4.44. The van der Waals surface area contributed by atoms with Crippen LogP contribution < -0.4 is 0 Å². The van der Waals surface area contributed by atoms with E-state index in [1.807, 2.05) is 13.8 Å². The molecule has 0 saturated heterocycles. The van der Waals surface area contributed by atoms with Crippen LogP contribution in [0.25, 0.3) is 0 Å². The molecule has 88 valence electrons. The van der Waals surface area contributed by atoms with E-state index < -0.39 is 12.1 Å². The molecule has 0 aliphatic rings. The summed E-state index contributed by atoms with van der Waals surface area (Å²) >= 11 is 0. The lowest BCUT2D eigenvalue weighted by atomic mass is 9.91. The lowest BCUT2D eigenvalue weighted by molar-refractivity contribution is -0.139. The number of benzene rings is 1. The van der Waals surface area contributed by atoms with Crippen LogP contribution >= 0.6 is 0 Å². The molecule has 0 aromatic heterocycles. The van der Waals surface area contributed by atoms with Crippen LogP contribution in [0, 0.1) is 20.8 Å². The Morgan fingerprint density at radius 1 is 1.06 bits per heavy atom. The minimum Gasteiger partial charge on any atom is -0.170 e. The molecular weight excluding hydrogens is 213 g/mol. The Hall–Kier alpha value is -1.25. The fourth-order valence-electron chi connectivity index (χ4n) is 1.75. The van der Waals surface area contributed by atoms with Crippen molar-refractivity contribution in [1.82, 2.24) is 0 Å². The number of halogens is 3. The second kappa shape index (κ2) is 4.32. The molecule has 0 saturated carbocycles. The quantitative estimate of drug-likeness (QED) is 0.656. The van der Waals surface area contributed by atoms with Gasteiger partial charge in [-0.1, -0.05) is 18.2 Å². The zero-order chi connectivity index (χ0) is 12.5. The van der Waals surface area contributed by atoms with Gasteiger partial charge in [0, 0.05) is 0 Å². The fraction of sp³-hybridized carbons (Fsp3) is 0.385. The third-order valence-electron chi connectivity index (χ3n) is 2.81. The molecule has 3 heteroatoms. The van der Waals surface area contributed by atoms with Crippen molar-refractivity contribution in [3.63, 3.8) is 0 Å². The van der Waals surface area contributed by atoms with Crippen molar-refractivity contribution >= 4 is 0 Å². The van der Waals surface area contributed by atoms with E-state index in [0.29, 0.717) is 11.1 Å². The van der Waals surface area contributed by atoms with Gasteiger partial charge in [0.15, 0.2) is 0 Å². The van der Waals surface area contributed by atoms with Crippen LogP contribution in [-0.4, -0.2) is 6.18 Å². The van der Waals surface area contributed by atoms with Crippen molar-refractivity contribution in [3.8, 4) is 0 Å². The van der Waals surface area contributed by atoms with Gasteiger partial charge in [-0.05, 0) is 43.0 Å². The van der Waals surface area contributed by atoms with E-state index in [1.165, 1.54) is 0 Å². The van der Waals surface area contributed by atoms with Gasteiger partial charge >= 0.3 is 6.18 Å². The molecule has 0 bridgehead atoms. The Morgan fingerprint density at radius 3 is 2.00 bits per heavy atom. The molecule has 1 rings (SSSR count). The van der Waals surface area contributed by atoms with Gasteiger partial charge in [0.2, 0.25) is 0 Å². The van der Waals surface area contributed by atoms with E-state index in [0.717, 1.165) is 17.2 Å². The number of hydrogen-bond donors (Lipinski definition) is 0. The standard InChI is InChI=1S/C13H15F3/c1-5-12(13(14,15)16)11-7-9(3)8(2)6-10(11)4/h5-7,12H,1H2,2-4H3. The van der Waals surface area contributed by atoms with Gasteiger partial charge in [0.1, 0.15) is 0 Å². The molecule has 1 atom stereocenters. The van der Waals surface area contributed by atoms with Crippen LogP contribution in [0.3, 0.4) is 0 Å². The Balaban J connectivity index is 3.31. The molecule has 0 fully saturated rings. The Bertz CT molecular complexity index is 402. The zero-order valence-corrected chi connectivity index (χ0v) is 9.65. The number of rotatable bonds is 2. The number of alkyl halides is 3. The number of aryl methyl sites for hydroxylation is 3. The van der Waals surface area contributed by atoms with Crippen molar-refractivity contribution < 1.29 is 13.2 Å². The largest absolute Gasteiger partial charge is 0.399 e. The van der Waals surface area contributed by atoms with Gasteiger partial charge in [0.25, 0.3) is 0 Å². The molecule has 0 aliphatic heterocycles. The number of hydrogen-bond acceptors (Lipinski definition) is 0. The van der Waals surface area contributed by atoms with Gasteiger partial charge < -0.3 is 0 Å². The topological polar surface area (TPSA) is 0 Å². The summed E-state index contributed by atoms with van der Waals surface area (Å²) in [6.07, 6.45) is -3.31. The Labute approximate surface area is 93.8 Å². The second-order valence-corrected chi connectivity index (χ2v) is 4.05. The molecule has 16 heavy (non-hydrogen) atoms. The lowest BCUT2D eigenvalue weighted by Gasteiger charge is -2.20. The monoisotopic (exact) mass is 228 g/mol. The van der Waals surface area contributed by atoms with Crippen molar-refractivity contribution in [2.45, 2.75) is 32.9 Å². The van der Waals surface area contributed by atoms with Crippen LogP contribution in [0.2, 0.25) is 0 Å². The van der Waals surface area contributed by atoms with Crippen LogP contribution in [0.5, 0.6) is 0 Å². The third kappa shape index (κ3) is 2.46. The Kier molecular flexibility index (Phi) is 3.46. The summed E-state index contributed by atoms with van der Waals surface area (Å²) in [6, 6.07) is 3.39. The number of allylic oxidation sites excluding steroid dienone is 1. The first-order valence-electron chi connectivity index (χ1n) is 5.04. The molecule has 1 aromatic carbocycles. The summed E-state index contributed by atoms with van der Waals surface area (Å²) in [6.45, 7) is 8.68. The van der Waals surface area contributed by atoms with E-state index >= 15 is 0 Å². The summed E-state index contributed by atoms with van der Waals surface area (Å²) in [7, 11) is 0. The second-order valence-electron chi connectivity index (χ2n) is 4.05. The van der Waals surface area contributed by atoms with Gasteiger partial charge in [-0.3, -0.25) is 0 Å². The zero-order valence-electron chi connectivity index (χ0n) is 9.65. The van der Waals surface area contributed by atoms with E-state index in [9.17, 15) is 13.2 Å². The van der Waals surface area contributed by atoms with Gasteiger partial charge in [-0.2, -0.15) is 13.2 Å². The third-order valence-corrected chi connectivity index (χ3v) is 2.81. The van der Waals surface area contributed by atoms with E-state index in [1.54, 1.807) is 19.1 Å². The molecule has 1 unspecified atom stereocenters. The fourth-order valence-corrected chi connectivity index (χ4v) is 1.75. The summed E-state index contributed by atoms with van der Waals surface area (Å²) in [4.78, 5) is 0. The average molecular weight is 228 g/mol. The normalized spacial score (nSPS) is 13.6. The maximum absolute atomic E-state index is 12.7. The summed E-state index contributed by atoms with van der Waals surface area (Å²) in [5, 5.41) is 0. The smallest absolute Gasteiger partial charge is 0.170 e. The van der Waals surface area contributed by atoms with Crippen LogP contribution in [0.15, 0.2) is 24.8 Å². The molecule has 1 aromatic rings. The minimum absolute atomic E-state index is 0.297. The highest BCUT2D eigenvalue weighted by atomic mass is 19.4. The van der Waals surface area contributed by atoms with E-state index in [2.05, 4.69) is 6.58 Å². The first kappa shape index (κ1) is 12.8. The first-order chi connectivity index (χ1) is 7.27. The van der Waals surface area contributed by atoms with Crippen LogP contribution in [0.1, 0.15) is 28.2 Å². The van der Waals surface area contributed by atoms with Gasteiger partial charge in [-0.25, -0.2) is 0 Å². The highest BCUT2D eigenvalue weighted by molar-refractivity contribution is 5.40. The molecule has 0 aliphatic carbocycles. The molecule has 0 spiro atoms.